The lowest BCUT2D eigenvalue weighted by atomic mass is 9.89. The Morgan fingerprint density at radius 2 is 1.86 bits per heavy atom. The predicted molar refractivity (Wildman–Crippen MR) is 131 cm³/mol. The fraction of sp³-hybridized carbons (Fsp3) is 0.240. The lowest BCUT2D eigenvalue weighted by Crippen LogP contribution is -2.38. The zero-order valence-electron chi connectivity index (χ0n) is 19.2. The Balaban J connectivity index is 1.38. The molecule has 1 fully saturated rings. The predicted octanol–water partition coefficient (Wildman–Crippen LogP) is 5.06. The van der Waals surface area contributed by atoms with E-state index in [0.29, 0.717) is 37.2 Å². The van der Waals surface area contributed by atoms with E-state index in [1.54, 1.807) is 12.1 Å². The maximum Gasteiger partial charge on any atom is 0.317 e. The standard InChI is InChI=1S/C25H22ClFN4O5/c1-36-22-14-17(13-21(26)29-22)24(32)28-18-7-5-15(6-8-18)16-9-11-30(12-10-16)25(33)19-3-2-4-20(27)23(19)31(34)35/h2-8,13-14,16H,9-12H2,1H3,(H,28,32). The number of anilines is 1. The zero-order valence-corrected chi connectivity index (χ0v) is 20.0. The molecular weight excluding hydrogens is 491 g/mol. The molecule has 0 radical (unpaired) electrons. The maximum absolute atomic E-state index is 13.9. The molecule has 9 nitrogen and oxygen atoms in total. The van der Waals surface area contributed by atoms with Gasteiger partial charge in [0, 0.05) is 30.4 Å². The van der Waals surface area contributed by atoms with Crippen LogP contribution in [0.15, 0.2) is 54.6 Å². The molecule has 3 aromatic rings. The Morgan fingerprint density at radius 3 is 2.50 bits per heavy atom. The zero-order chi connectivity index (χ0) is 25.8. The van der Waals surface area contributed by atoms with E-state index >= 15 is 0 Å². The van der Waals surface area contributed by atoms with E-state index in [2.05, 4.69) is 10.3 Å². The number of aromatic nitrogens is 1. The van der Waals surface area contributed by atoms with E-state index in [1.165, 1.54) is 36.3 Å². The van der Waals surface area contributed by atoms with Crippen LogP contribution in [-0.4, -0.2) is 46.8 Å². The van der Waals surface area contributed by atoms with Crippen LogP contribution in [0, 0.1) is 15.9 Å². The third-order valence-electron chi connectivity index (χ3n) is 6.06. The summed E-state index contributed by atoms with van der Waals surface area (Å²) in [6.07, 6.45) is 1.30. The van der Waals surface area contributed by atoms with Gasteiger partial charge in [-0.15, -0.1) is 0 Å². The third kappa shape index (κ3) is 5.44. The average molecular weight is 513 g/mol. The number of para-hydroxylation sites is 1. The first-order chi connectivity index (χ1) is 17.3. The number of amides is 2. The number of carbonyl (C=O) groups is 2. The molecule has 2 amide bonds. The van der Waals surface area contributed by atoms with Crippen LogP contribution in [0.1, 0.15) is 45.0 Å². The molecule has 0 aliphatic carbocycles. The summed E-state index contributed by atoms with van der Waals surface area (Å²) in [5, 5.41) is 14.2. The van der Waals surface area contributed by atoms with Gasteiger partial charge in [-0.05, 0) is 54.7 Å². The van der Waals surface area contributed by atoms with Gasteiger partial charge < -0.3 is 15.0 Å². The van der Waals surface area contributed by atoms with Crippen LogP contribution in [0.4, 0.5) is 15.8 Å². The summed E-state index contributed by atoms with van der Waals surface area (Å²) in [5.74, 6) is -1.53. The minimum Gasteiger partial charge on any atom is -0.481 e. The number of rotatable bonds is 6. The normalized spacial score (nSPS) is 13.8. The summed E-state index contributed by atoms with van der Waals surface area (Å²) >= 11 is 5.93. The molecule has 0 bridgehead atoms. The van der Waals surface area contributed by atoms with Crippen molar-refractivity contribution in [3.8, 4) is 5.88 Å². The Bertz CT molecular complexity index is 1310. The molecular formula is C25H22ClFN4O5. The fourth-order valence-electron chi connectivity index (χ4n) is 4.21. The highest BCUT2D eigenvalue weighted by Crippen LogP contribution is 2.31. The van der Waals surface area contributed by atoms with Crippen LogP contribution in [-0.2, 0) is 0 Å². The van der Waals surface area contributed by atoms with Gasteiger partial charge in [0.1, 0.15) is 10.7 Å². The minimum atomic E-state index is -1.03. The lowest BCUT2D eigenvalue weighted by molar-refractivity contribution is -0.387. The first-order valence-electron chi connectivity index (χ1n) is 11.1. The Kier molecular flexibility index (Phi) is 7.44. The summed E-state index contributed by atoms with van der Waals surface area (Å²) in [6, 6.07) is 13.9. The molecule has 4 rings (SSSR count). The van der Waals surface area contributed by atoms with Gasteiger partial charge in [-0.1, -0.05) is 29.8 Å². The number of hydrogen-bond acceptors (Lipinski definition) is 6. The molecule has 0 atom stereocenters. The minimum absolute atomic E-state index is 0.145. The first kappa shape index (κ1) is 25.1. The fourth-order valence-corrected chi connectivity index (χ4v) is 4.41. The molecule has 1 N–H and O–H groups in total. The Labute approximate surface area is 211 Å². The number of pyridine rings is 1. The van der Waals surface area contributed by atoms with Gasteiger partial charge in [-0.3, -0.25) is 19.7 Å². The number of halogens is 2. The molecule has 2 heterocycles. The molecule has 1 saturated heterocycles. The van der Waals surface area contributed by atoms with Crippen molar-refractivity contribution in [2.45, 2.75) is 18.8 Å². The van der Waals surface area contributed by atoms with Crippen LogP contribution >= 0.6 is 11.6 Å². The number of nitro benzene ring substituents is 1. The quantitative estimate of drug-likeness (QED) is 0.280. The second-order valence-corrected chi connectivity index (χ2v) is 8.64. The van der Waals surface area contributed by atoms with Crippen molar-refractivity contribution in [3.63, 3.8) is 0 Å². The highest BCUT2D eigenvalue weighted by Gasteiger charge is 2.30. The maximum atomic E-state index is 13.9. The van der Waals surface area contributed by atoms with Crippen LogP contribution in [0.2, 0.25) is 5.15 Å². The van der Waals surface area contributed by atoms with Crippen molar-refractivity contribution in [2.75, 3.05) is 25.5 Å². The molecule has 1 aliphatic heterocycles. The highest BCUT2D eigenvalue weighted by molar-refractivity contribution is 6.30. The highest BCUT2D eigenvalue weighted by atomic mass is 35.5. The number of hydrogen-bond donors (Lipinski definition) is 1. The molecule has 1 aliphatic rings. The van der Waals surface area contributed by atoms with E-state index in [-0.39, 0.29) is 28.4 Å². The van der Waals surface area contributed by atoms with Crippen molar-refractivity contribution in [1.82, 2.24) is 9.88 Å². The molecule has 0 spiro atoms. The van der Waals surface area contributed by atoms with Crippen molar-refractivity contribution < 1.29 is 23.6 Å². The van der Waals surface area contributed by atoms with Gasteiger partial charge >= 0.3 is 5.69 Å². The van der Waals surface area contributed by atoms with Crippen LogP contribution in [0.25, 0.3) is 0 Å². The molecule has 186 valence electrons. The smallest absolute Gasteiger partial charge is 0.317 e. The molecule has 36 heavy (non-hydrogen) atoms. The monoisotopic (exact) mass is 512 g/mol. The van der Waals surface area contributed by atoms with Crippen LogP contribution < -0.4 is 10.1 Å². The van der Waals surface area contributed by atoms with Crippen molar-refractivity contribution in [1.29, 1.82) is 0 Å². The molecule has 0 saturated carbocycles. The van der Waals surface area contributed by atoms with Crippen molar-refractivity contribution in [2.24, 2.45) is 0 Å². The van der Waals surface area contributed by atoms with Gasteiger partial charge in [-0.25, -0.2) is 4.98 Å². The van der Waals surface area contributed by atoms with E-state index in [9.17, 15) is 24.1 Å². The third-order valence-corrected chi connectivity index (χ3v) is 6.26. The number of nitrogens with zero attached hydrogens (tertiary/aromatic N) is 3. The number of nitro groups is 1. The topological polar surface area (TPSA) is 115 Å². The molecule has 2 aromatic carbocycles. The SMILES string of the molecule is COc1cc(C(=O)Nc2ccc(C3CCN(C(=O)c4cccc(F)c4[N+](=O)[O-])CC3)cc2)cc(Cl)n1. The number of benzene rings is 2. The van der Waals surface area contributed by atoms with E-state index in [4.69, 9.17) is 16.3 Å². The largest absolute Gasteiger partial charge is 0.481 e. The molecule has 0 unspecified atom stereocenters. The van der Waals surface area contributed by atoms with Gasteiger partial charge in [0.25, 0.3) is 11.8 Å². The van der Waals surface area contributed by atoms with Crippen LogP contribution in [0.3, 0.4) is 0 Å². The number of piperidine rings is 1. The lowest BCUT2D eigenvalue weighted by Gasteiger charge is -2.32. The van der Waals surface area contributed by atoms with Crippen LogP contribution in [0.5, 0.6) is 5.88 Å². The number of nitrogens with one attached hydrogen (secondary N) is 1. The molecule has 11 heteroatoms. The number of carbonyl (C=O) groups excluding carboxylic acids is 2. The second-order valence-electron chi connectivity index (χ2n) is 8.26. The summed E-state index contributed by atoms with van der Waals surface area (Å²) < 4.78 is 19.0. The summed E-state index contributed by atoms with van der Waals surface area (Å²) in [5.41, 5.74) is 0.917. The Hall–Kier alpha value is -4.05. The second kappa shape index (κ2) is 10.7. The van der Waals surface area contributed by atoms with E-state index in [0.717, 1.165) is 11.6 Å². The summed E-state index contributed by atoms with van der Waals surface area (Å²) in [6.45, 7) is 0.778. The summed E-state index contributed by atoms with van der Waals surface area (Å²) in [7, 11) is 1.44. The number of ether oxygens (including phenoxy) is 1. The van der Waals surface area contributed by atoms with E-state index in [1.807, 2.05) is 12.1 Å². The van der Waals surface area contributed by atoms with Gasteiger partial charge in [0.15, 0.2) is 0 Å². The van der Waals surface area contributed by atoms with Gasteiger partial charge in [0.05, 0.1) is 12.0 Å². The first-order valence-corrected chi connectivity index (χ1v) is 11.5. The van der Waals surface area contributed by atoms with Crippen molar-refractivity contribution in [3.05, 3.63) is 92.4 Å². The van der Waals surface area contributed by atoms with E-state index < -0.39 is 22.3 Å². The van der Waals surface area contributed by atoms with Gasteiger partial charge in [0.2, 0.25) is 11.7 Å². The van der Waals surface area contributed by atoms with Crippen molar-refractivity contribution >= 4 is 34.8 Å². The average Bonchev–Trinajstić information content (AvgIpc) is 2.88. The Morgan fingerprint density at radius 1 is 1.17 bits per heavy atom. The number of methoxy groups -OCH3 is 1. The number of likely N-dealkylation sites (tertiary alicyclic amines) is 1. The van der Waals surface area contributed by atoms with Gasteiger partial charge in [-0.2, -0.15) is 4.39 Å². The molecule has 1 aromatic heterocycles. The summed E-state index contributed by atoms with van der Waals surface area (Å²) in [4.78, 5) is 41.2.